The molecule has 1 aromatic rings. The number of guanidine groups is 1. The molecule has 0 aromatic heterocycles. The van der Waals surface area contributed by atoms with Crippen molar-refractivity contribution in [2.75, 3.05) is 33.4 Å². The van der Waals surface area contributed by atoms with Gasteiger partial charge in [-0.3, -0.25) is 9.69 Å². The van der Waals surface area contributed by atoms with Crippen LogP contribution in [0.15, 0.2) is 35.1 Å². The van der Waals surface area contributed by atoms with E-state index in [-0.39, 0.29) is 17.1 Å². The van der Waals surface area contributed by atoms with Gasteiger partial charge in [-0.2, -0.15) is 4.99 Å². The number of benzene rings is 1. The third-order valence-corrected chi connectivity index (χ3v) is 5.65. The molecule has 1 spiro atoms. The molecule has 2 fully saturated rings. The molecule has 0 atom stereocenters. The lowest BCUT2D eigenvalue weighted by Crippen LogP contribution is -2.48. The average molecular weight is 374 g/mol. The van der Waals surface area contributed by atoms with Crippen LogP contribution < -0.4 is 5.73 Å². The van der Waals surface area contributed by atoms with Crippen LogP contribution in [-0.4, -0.2) is 55.5 Å². The Bertz CT molecular complexity index is 746. The summed E-state index contributed by atoms with van der Waals surface area (Å²) in [6.07, 6.45) is 3.79. The summed E-state index contributed by atoms with van der Waals surface area (Å²) >= 11 is 0. The van der Waals surface area contributed by atoms with Crippen molar-refractivity contribution in [1.82, 2.24) is 9.80 Å². The quantitative estimate of drug-likeness (QED) is 0.501. The summed E-state index contributed by atoms with van der Waals surface area (Å²) in [7, 11) is 1.65. The van der Waals surface area contributed by atoms with Crippen LogP contribution in [0.1, 0.15) is 31.7 Å². The molecule has 0 unspecified atom stereocenters. The van der Waals surface area contributed by atoms with Gasteiger partial charge in [0, 0.05) is 37.9 Å². The molecule has 3 rings (SSSR count). The van der Waals surface area contributed by atoms with Gasteiger partial charge in [-0.25, -0.2) is 4.39 Å². The normalized spacial score (nSPS) is 20.6. The molecule has 2 aliphatic heterocycles. The van der Waals surface area contributed by atoms with E-state index in [1.165, 1.54) is 11.0 Å². The first-order chi connectivity index (χ1) is 13.0. The number of amides is 1. The molecule has 146 valence electrons. The van der Waals surface area contributed by atoms with Gasteiger partial charge in [0.2, 0.25) is 12.4 Å². The first-order valence-corrected chi connectivity index (χ1v) is 9.26. The molecular formula is C20H27FN4O2. The Morgan fingerprint density at radius 3 is 2.63 bits per heavy atom. The third-order valence-electron chi connectivity index (χ3n) is 5.65. The van der Waals surface area contributed by atoms with Gasteiger partial charge in [0.15, 0.2) is 0 Å². The maximum Gasteiger partial charge on any atom is 0.216 e. The zero-order valence-electron chi connectivity index (χ0n) is 15.9. The second-order valence-electron chi connectivity index (χ2n) is 7.41. The van der Waals surface area contributed by atoms with Crippen LogP contribution in [0.5, 0.6) is 0 Å². The number of ether oxygens (including phenoxy) is 1. The number of likely N-dealkylation sites (tertiary alicyclic amines) is 1. The Labute approximate surface area is 159 Å². The second-order valence-corrected chi connectivity index (χ2v) is 7.41. The molecule has 2 saturated heterocycles. The van der Waals surface area contributed by atoms with Crippen LogP contribution >= 0.6 is 0 Å². The van der Waals surface area contributed by atoms with Crippen molar-refractivity contribution in [1.29, 1.82) is 0 Å². The Morgan fingerprint density at radius 2 is 2.04 bits per heavy atom. The minimum Gasteiger partial charge on any atom is -0.383 e. The molecule has 0 saturated carbocycles. The van der Waals surface area contributed by atoms with Gasteiger partial charge in [-0.05, 0) is 37.7 Å². The van der Waals surface area contributed by atoms with Gasteiger partial charge < -0.3 is 15.4 Å². The Kier molecular flexibility index (Phi) is 5.79. The van der Waals surface area contributed by atoms with Gasteiger partial charge in [0.1, 0.15) is 11.6 Å². The number of hydrogen-bond acceptors (Lipinski definition) is 4. The zero-order valence-corrected chi connectivity index (χ0v) is 15.9. The SMILES string of the molecule is C/C(=C(N)\N=C(/N(C)C=O)N1CCC2(CCOC2)CC1)c1ccccc1F. The van der Waals surface area contributed by atoms with E-state index in [1.54, 1.807) is 32.2 Å². The fourth-order valence-electron chi connectivity index (χ4n) is 3.74. The zero-order chi connectivity index (χ0) is 19.4. The number of aliphatic imine (C=N–C) groups is 1. The fraction of sp³-hybridized carbons (Fsp3) is 0.500. The number of rotatable bonds is 3. The topological polar surface area (TPSA) is 71.2 Å². The molecule has 0 radical (unpaired) electrons. The number of hydrogen-bond donors (Lipinski definition) is 1. The lowest BCUT2D eigenvalue weighted by Gasteiger charge is -2.40. The average Bonchev–Trinajstić information content (AvgIpc) is 3.14. The predicted octanol–water partition coefficient (Wildman–Crippen LogP) is 2.42. The molecular weight excluding hydrogens is 347 g/mol. The number of nitrogens with two attached hydrogens (primary N) is 1. The van der Waals surface area contributed by atoms with Crippen molar-refractivity contribution in [3.8, 4) is 0 Å². The summed E-state index contributed by atoms with van der Waals surface area (Å²) < 4.78 is 19.6. The van der Waals surface area contributed by atoms with Gasteiger partial charge in [0.05, 0.1) is 6.61 Å². The van der Waals surface area contributed by atoms with Crippen molar-refractivity contribution >= 4 is 17.9 Å². The number of nitrogens with zero attached hydrogens (tertiary/aromatic N) is 3. The van der Waals surface area contributed by atoms with E-state index in [2.05, 4.69) is 9.89 Å². The van der Waals surface area contributed by atoms with Gasteiger partial charge in [-0.1, -0.05) is 18.2 Å². The monoisotopic (exact) mass is 374 g/mol. The molecule has 0 aliphatic carbocycles. The summed E-state index contributed by atoms with van der Waals surface area (Å²) in [5.74, 6) is 0.347. The molecule has 27 heavy (non-hydrogen) atoms. The van der Waals surface area contributed by atoms with Crippen LogP contribution in [0.25, 0.3) is 5.57 Å². The number of carbonyl (C=O) groups excluding carboxylic acids is 1. The van der Waals surface area contributed by atoms with Crippen molar-refractivity contribution in [3.05, 3.63) is 41.5 Å². The highest BCUT2D eigenvalue weighted by atomic mass is 19.1. The number of piperidine rings is 1. The summed E-state index contributed by atoms with van der Waals surface area (Å²) in [4.78, 5) is 19.4. The van der Waals surface area contributed by atoms with Crippen LogP contribution in [0, 0.1) is 11.2 Å². The van der Waals surface area contributed by atoms with Crippen molar-refractivity contribution in [2.45, 2.75) is 26.2 Å². The smallest absolute Gasteiger partial charge is 0.216 e. The molecule has 2 N–H and O–H groups in total. The van der Waals surface area contributed by atoms with E-state index in [0.29, 0.717) is 23.5 Å². The third kappa shape index (κ3) is 4.13. The van der Waals surface area contributed by atoms with Crippen molar-refractivity contribution in [3.63, 3.8) is 0 Å². The number of carbonyl (C=O) groups is 1. The van der Waals surface area contributed by atoms with Crippen LogP contribution in [0.4, 0.5) is 4.39 Å². The van der Waals surface area contributed by atoms with E-state index in [9.17, 15) is 9.18 Å². The maximum absolute atomic E-state index is 14.1. The molecule has 7 heteroatoms. The molecule has 2 heterocycles. The molecule has 1 aromatic carbocycles. The Balaban J connectivity index is 1.85. The highest BCUT2D eigenvalue weighted by molar-refractivity contribution is 5.90. The van der Waals surface area contributed by atoms with E-state index >= 15 is 0 Å². The summed E-state index contributed by atoms with van der Waals surface area (Å²) in [6, 6.07) is 6.45. The predicted molar refractivity (Wildman–Crippen MR) is 103 cm³/mol. The van der Waals surface area contributed by atoms with Crippen molar-refractivity contribution in [2.24, 2.45) is 16.1 Å². The molecule has 2 aliphatic rings. The Morgan fingerprint density at radius 1 is 1.33 bits per heavy atom. The summed E-state index contributed by atoms with van der Waals surface area (Å²) in [5.41, 5.74) is 7.38. The first-order valence-electron chi connectivity index (χ1n) is 9.26. The van der Waals surface area contributed by atoms with Crippen LogP contribution in [-0.2, 0) is 9.53 Å². The highest BCUT2D eigenvalue weighted by Crippen LogP contribution is 2.39. The van der Waals surface area contributed by atoms with E-state index in [0.717, 1.165) is 45.6 Å². The van der Waals surface area contributed by atoms with Crippen LogP contribution in [0.2, 0.25) is 0 Å². The number of halogens is 1. The lowest BCUT2D eigenvalue weighted by molar-refractivity contribution is -0.114. The van der Waals surface area contributed by atoms with Gasteiger partial charge in [0.25, 0.3) is 0 Å². The van der Waals surface area contributed by atoms with E-state index < -0.39 is 0 Å². The summed E-state index contributed by atoms with van der Waals surface area (Å²) in [6.45, 7) is 4.94. The van der Waals surface area contributed by atoms with Gasteiger partial charge in [-0.15, -0.1) is 0 Å². The maximum atomic E-state index is 14.1. The Hall–Kier alpha value is -2.41. The second kappa shape index (κ2) is 8.08. The molecule has 1 amide bonds. The van der Waals surface area contributed by atoms with Crippen LogP contribution in [0.3, 0.4) is 0 Å². The molecule has 0 bridgehead atoms. The summed E-state index contributed by atoms with van der Waals surface area (Å²) in [5, 5.41) is 0. The standard InChI is InChI=1S/C20H27FN4O2/c1-15(16-5-3-4-6-17(16)21)18(22)23-19(24(2)14-26)25-10-7-20(8-11-25)9-12-27-13-20/h3-6,14H,7-13,22H2,1-2H3/b18-15+,23-19+. The lowest BCUT2D eigenvalue weighted by atomic mass is 9.78. The minimum absolute atomic E-state index is 0.202. The van der Waals surface area contributed by atoms with Crippen molar-refractivity contribution < 1.29 is 13.9 Å². The fourth-order valence-corrected chi connectivity index (χ4v) is 3.74. The first kappa shape index (κ1) is 19.4. The largest absolute Gasteiger partial charge is 0.383 e. The van der Waals surface area contributed by atoms with Gasteiger partial charge >= 0.3 is 0 Å². The number of allylic oxidation sites excluding steroid dienone is 1. The minimum atomic E-state index is -0.348. The highest BCUT2D eigenvalue weighted by Gasteiger charge is 2.39. The van der Waals surface area contributed by atoms with E-state index in [4.69, 9.17) is 10.5 Å². The van der Waals surface area contributed by atoms with E-state index in [1.807, 2.05) is 0 Å². The molecule has 6 nitrogen and oxygen atoms in total.